The summed E-state index contributed by atoms with van der Waals surface area (Å²) in [5.41, 5.74) is 0. The van der Waals surface area contributed by atoms with Crippen LogP contribution in [0.5, 0.6) is 0 Å². The summed E-state index contributed by atoms with van der Waals surface area (Å²) in [6, 6.07) is -9.61. The van der Waals surface area contributed by atoms with Crippen molar-refractivity contribution in [3.63, 3.8) is 0 Å². The lowest BCUT2D eigenvalue weighted by Crippen LogP contribution is -2.71. The number of rotatable bonds is 34. The fraction of sp³-hybridized carbons (Fsp3) is 0.934. The van der Waals surface area contributed by atoms with Gasteiger partial charge in [-0.15, -0.1) is 0 Å². The molecule has 55 atom stereocenters. The topological polar surface area (TPSA) is 906 Å². The van der Waals surface area contributed by atoms with Crippen molar-refractivity contribution < 1.29 is 266 Å². The molecule has 11 aliphatic heterocycles. The maximum atomic E-state index is 13.6. The molecule has 0 saturated carbocycles. The van der Waals surface area contributed by atoms with Gasteiger partial charge in [0.15, 0.2) is 69.2 Å². The molecule has 59 heteroatoms. The van der Waals surface area contributed by atoms with Crippen LogP contribution in [-0.4, -0.2) is 569 Å². The minimum atomic E-state index is -2.70. The Balaban J connectivity index is 0.954. The Hall–Kier alpha value is -4.61. The Morgan fingerprint density at radius 2 is 0.481 bits per heavy atom. The largest absolute Gasteiger partial charge is 0.394 e. The summed E-state index contributed by atoms with van der Waals surface area (Å²) in [4.78, 5) is 65.1. The van der Waals surface area contributed by atoms with E-state index < -0.39 is 426 Å². The highest BCUT2D eigenvalue weighted by Crippen LogP contribution is 2.42. The van der Waals surface area contributed by atoms with Gasteiger partial charge in [0, 0.05) is 34.6 Å². The van der Waals surface area contributed by atoms with Gasteiger partial charge in [0.2, 0.25) is 29.5 Å². The van der Waals surface area contributed by atoms with Crippen LogP contribution in [0, 0.1) is 0 Å². The second-order valence-electron chi connectivity index (χ2n) is 34.5. The molecule has 5 amide bonds. The minimum Gasteiger partial charge on any atom is -0.394 e. The van der Waals surface area contributed by atoms with Crippen molar-refractivity contribution in [3.05, 3.63) is 0 Å². The van der Waals surface area contributed by atoms with Gasteiger partial charge >= 0.3 is 0 Å². The van der Waals surface area contributed by atoms with E-state index in [1.807, 2.05) is 0 Å². The van der Waals surface area contributed by atoms with Crippen molar-refractivity contribution in [2.75, 3.05) is 59.5 Å². The predicted octanol–water partition coefficient (Wildman–Crippen LogP) is -22.2. The van der Waals surface area contributed by atoms with E-state index in [4.69, 9.17) is 99.5 Å². The number of hydrogen-bond donors (Lipinski definition) is 33. The summed E-state index contributed by atoms with van der Waals surface area (Å²) >= 11 is 0. The van der Waals surface area contributed by atoms with Gasteiger partial charge in [0.25, 0.3) is 0 Å². The molecule has 11 rings (SSSR count). The summed E-state index contributed by atoms with van der Waals surface area (Å²) < 4.78 is 127. The monoisotopic (exact) mass is 1970 g/mol. The van der Waals surface area contributed by atoms with E-state index in [0.29, 0.717) is 0 Å². The minimum absolute atomic E-state index is 0.822. The first-order chi connectivity index (χ1) is 63.8. The molecule has 0 unspecified atom stereocenters. The second-order valence-corrected chi connectivity index (χ2v) is 34.5. The summed E-state index contributed by atoms with van der Waals surface area (Å²) in [5, 5.41) is 329. The molecule has 33 N–H and O–H groups in total. The molecule has 11 saturated heterocycles. The van der Waals surface area contributed by atoms with Gasteiger partial charge in [-0.05, 0) is 13.8 Å². The number of aliphatic hydroxyl groups is 28. The normalized spacial score (nSPS) is 49.5. The molecule has 59 nitrogen and oxygen atoms in total. The molecule has 0 aromatic carbocycles. The molecule has 0 bridgehead atoms. The molecular weight excluding hydrogens is 1850 g/mol. The van der Waals surface area contributed by atoms with E-state index in [1.54, 1.807) is 0 Å². The van der Waals surface area contributed by atoms with Crippen LogP contribution in [-0.2, 0) is 123 Å². The number of amides is 5. The van der Waals surface area contributed by atoms with Crippen molar-refractivity contribution >= 4 is 29.5 Å². The summed E-state index contributed by atoms with van der Waals surface area (Å²) in [5.74, 6) is -4.72. The first-order valence-corrected chi connectivity index (χ1v) is 43.4. The molecule has 11 heterocycles. The summed E-state index contributed by atoms with van der Waals surface area (Å²) in [6.07, 6.45) is -105. The van der Waals surface area contributed by atoms with Crippen LogP contribution >= 0.6 is 0 Å². The van der Waals surface area contributed by atoms with E-state index in [0.717, 1.165) is 34.6 Å². The molecule has 0 aromatic heterocycles. The van der Waals surface area contributed by atoms with Gasteiger partial charge in [0.1, 0.15) is 256 Å². The number of carbonyl (C=O) groups is 5. The average Bonchev–Trinajstić information content (AvgIpc) is 0.758. The van der Waals surface area contributed by atoms with Crippen LogP contribution in [0.4, 0.5) is 0 Å². The Bertz CT molecular complexity index is 3750. The molecule has 135 heavy (non-hydrogen) atoms. The van der Waals surface area contributed by atoms with Gasteiger partial charge in [0.05, 0.1) is 71.7 Å². The highest BCUT2D eigenvalue weighted by molar-refractivity contribution is 5.75. The van der Waals surface area contributed by atoms with Crippen molar-refractivity contribution in [1.29, 1.82) is 0 Å². The lowest BCUT2D eigenvalue weighted by molar-refractivity contribution is -0.403. The molecule has 0 radical (unpaired) electrons. The zero-order valence-electron chi connectivity index (χ0n) is 73.3. The third kappa shape index (κ3) is 24.7. The zero-order valence-corrected chi connectivity index (χ0v) is 73.3. The fourth-order valence-electron chi connectivity index (χ4n) is 17.6. The van der Waals surface area contributed by atoms with Gasteiger partial charge < -0.3 is 269 Å². The van der Waals surface area contributed by atoms with Crippen molar-refractivity contribution in [2.24, 2.45) is 0 Å². The standard InChI is InChI=1S/C76H127N5O54/c1-17-38(94)49(105)54(110)71(117-17)115-16-32-60(46(102)33(66(114)119-32)77-19(3)89)129-68-35(79-21(5)91)48(104)59(29(13-87)124-68)130-74-57(113)63(44(100)31(127-74)15-116-75-64(52(108)42(98)26(10-84)122-75)134-69-36(80-22(6)92)47(103)58(28(12-86)125-69)128-67-34(78-20(4)90)45(101)40(96)24(8-82)120-67)133-76-65(53(109)43(99)27(11-85)123-76)135-70-37(81-23(7)93)62(132-72-55(111)50(106)39(95)18(2)118-72)61(30(14-88)126-70)131-73-56(112)51(107)41(97)25(9-83)121-73/h17-18,24-76,82-88,94-114H,8-16H2,1-7H3,(H,77,89)(H,78,90)(H,79,91)(H,80,92)(H,81,93)/t17-,18-,24+,25+,26+,27+,28+,29+,30+,31+,32+,33+,34+,35+,36+,37+,38+,39+,40-,41-,42+,43+,44+,45+,46+,47+,48+,49+,50+,51-,52-,53-,54-,55-,56+,57-,58+,59+,60+,61+,62+,63-,64-,65-,66-,67-,68-,69-,70-,71+,72-,73-,74-,75-,76+/m0/s1. The lowest BCUT2D eigenvalue weighted by atomic mass is 9.93. The maximum absolute atomic E-state index is 13.6. The Kier molecular flexibility index (Phi) is 39.5. The molecular formula is C76H127N5O54. The number of nitrogens with one attached hydrogen (secondary N) is 5. The van der Waals surface area contributed by atoms with E-state index >= 15 is 0 Å². The van der Waals surface area contributed by atoms with Crippen LogP contribution in [0.15, 0.2) is 0 Å². The molecule has 0 aliphatic carbocycles. The van der Waals surface area contributed by atoms with Crippen LogP contribution in [0.2, 0.25) is 0 Å². The highest BCUT2D eigenvalue weighted by Gasteiger charge is 2.63. The van der Waals surface area contributed by atoms with Crippen molar-refractivity contribution in [3.8, 4) is 0 Å². The van der Waals surface area contributed by atoms with Crippen LogP contribution in [0.25, 0.3) is 0 Å². The van der Waals surface area contributed by atoms with Gasteiger partial charge in [-0.25, -0.2) is 0 Å². The molecule has 11 fully saturated rings. The van der Waals surface area contributed by atoms with Gasteiger partial charge in [-0.2, -0.15) is 0 Å². The Morgan fingerprint density at radius 1 is 0.207 bits per heavy atom. The molecule has 0 spiro atoms. The maximum Gasteiger partial charge on any atom is 0.217 e. The third-order valence-corrected chi connectivity index (χ3v) is 24.9. The molecule has 11 aliphatic rings. The van der Waals surface area contributed by atoms with E-state index in [9.17, 15) is 167 Å². The average molecular weight is 1970 g/mol. The third-order valence-electron chi connectivity index (χ3n) is 24.9. The number of hydrogen-bond acceptors (Lipinski definition) is 54. The summed E-state index contributed by atoms with van der Waals surface area (Å²) in [6.45, 7) is -3.10. The Labute approximate surface area is 765 Å². The number of ether oxygens (including phenoxy) is 21. The van der Waals surface area contributed by atoms with E-state index in [2.05, 4.69) is 26.6 Å². The van der Waals surface area contributed by atoms with Crippen LogP contribution in [0.3, 0.4) is 0 Å². The zero-order chi connectivity index (χ0) is 99.4. The number of aliphatic hydroxyl groups excluding tert-OH is 28. The fourth-order valence-corrected chi connectivity index (χ4v) is 17.6. The van der Waals surface area contributed by atoms with Crippen LogP contribution in [0.1, 0.15) is 48.5 Å². The first-order valence-electron chi connectivity index (χ1n) is 43.4. The van der Waals surface area contributed by atoms with Crippen molar-refractivity contribution in [2.45, 2.75) is 386 Å². The first kappa shape index (κ1) is 111. The van der Waals surface area contributed by atoms with Gasteiger partial charge in [-0.3, -0.25) is 24.0 Å². The van der Waals surface area contributed by atoms with E-state index in [1.165, 1.54) is 13.8 Å². The lowest BCUT2D eigenvalue weighted by Gasteiger charge is -2.52. The summed E-state index contributed by atoms with van der Waals surface area (Å²) in [7, 11) is 0. The predicted molar refractivity (Wildman–Crippen MR) is 417 cm³/mol. The SMILES string of the molecule is CC(=O)N[C@@H]1[C@@H](O)[C@H](O[C@@H]2O[C@H](CO)[C@@H](O[C@@H]3O[C@H](CO[C@H]4O[C@H](CO)[C@@H](O)[C@H](O)[C@@H]4O[C@@H]4O[C@H](CO)[C@@H](O[C@@H]5O[C@H](CO)[C@H](O)[C@H](O)[C@H]5NC(C)=O)[C@H](O)[C@H]4NC(C)=O)[C@@H](O)[C@H](O[C@H]4O[C@H](CO)[C@@H](O)[C@H](O)[C@@H]4O[C@@H]4O[C@H](CO)[C@@H](O[C@@H]5O[C@H](CO)[C@H](O)[C@H](O)[C@H]5O)[C@H](O[C@@H]5O[C@@H](C)[C@@H](O)[C@@H](O)[C@@H]5O)[C@H]4NC(C)=O)[C@@H]3O)[C@H](O)[C@H]2NC(C)=O)[C@@H](CO[C@@H]2O[C@@H](C)[C@@H](O)[C@@H](O)[C@@H]2O)O[C@@H]1O. The Morgan fingerprint density at radius 3 is 0.941 bits per heavy atom. The molecule has 0 aromatic rings. The highest BCUT2D eigenvalue weighted by atomic mass is 16.8. The van der Waals surface area contributed by atoms with E-state index in [-0.39, 0.29) is 0 Å². The molecule has 780 valence electrons. The quantitative estimate of drug-likeness (QED) is 0.0284. The van der Waals surface area contributed by atoms with Gasteiger partial charge in [-0.1, -0.05) is 0 Å². The smallest absolute Gasteiger partial charge is 0.217 e. The number of carbonyl (C=O) groups excluding carboxylic acids is 5. The van der Waals surface area contributed by atoms with Crippen LogP contribution < -0.4 is 26.6 Å². The van der Waals surface area contributed by atoms with Crippen molar-refractivity contribution in [1.82, 2.24) is 26.6 Å². The second kappa shape index (κ2) is 48.2.